The molecule has 0 radical (unpaired) electrons. The van der Waals surface area contributed by atoms with Gasteiger partial charge in [-0.3, -0.25) is 4.72 Å². The zero-order valence-electron chi connectivity index (χ0n) is 21.5. The summed E-state index contributed by atoms with van der Waals surface area (Å²) in [6.45, 7) is 13.2. The molecule has 1 aliphatic rings. The molecule has 5 heteroatoms. The van der Waals surface area contributed by atoms with Crippen molar-refractivity contribution in [3.05, 3.63) is 71.5 Å². The minimum Gasteiger partial charge on any atom is -0.460 e. The summed E-state index contributed by atoms with van der Waals surface area (Å²) < 4.78 is 36.1. The van der Waals surface area contributed by atoms with Crippen LogP contribution in [0.1, 0.15) is 64.9 Å². The number of anilines is 1. The van der Waals surface area contributed by atoms with E-state index in [1.807, 2.05) is 42.5 Å². The third-order valence-corrected chi connectivity index (χ3v) is 8.93. The summed E-state index contributed by atoms with van der Waals surface area (Å²) in [7, 11) is -3.75. The Morgan fingerprint density at radius 2 is 1.54 bits per heavy atom. The van der Waals surface area contributed by atoms with E-state index in [1.54, 1.807) is 12.1 Å². The fourth-order valence-electron chi connectivity index (χ4n) is 5.26. The Balaban J connectivity index is 1.61. The molecule has 1 heterocycles. The number of hydrogen-bond acceptors (Lipinski definition) is 3. The van der Waals surface area contributed by atoms with Crippen LogP contribution in [0.3, 0.4) is 0 Å². The Hall–Kier alpha value is -2.79. The Bertz CT molecular complexity index is 1510. The van der Waals surface area contributed by atoms with E-state index in [1.165, 1.54) is 5.56 Å². The average molecular weight is 490 g/mol. The quantitative estimate of drug-likeness (QED) is 0.319. The van der Waals surface area contributed by atoms with Crippen LogP contribution in [0.25, 0.3) is 21.7 Å². The Morgan fingerprint density at radius 1 is 0.886 bits per heavy atom. The molecule has 0 saturated carbocycles. The standard InChI is InChI=1S/C30H35NO3S/c1-29(2,3)19-11-14-21(15-12-19)35(32,33)31-26-18-25-24-17-20(30(4,5)6)13-16-27(24)34-28(25)23-10-8-7-9-22(23)26/h7-12,14-15,18,20,31H,13,16-17H2,1-6H3/t20-/m1/s1. The van der Waals surface area contributed by atoms with Gasteiger partial charge in [-0.25, -0.2) is 8.42 Å². The molecule has 0 unspecified atom stereocenters. The van der Waals surface area contributed by atoms with Crippen LogP contribution in [0.4, 0.5) is 5.69 Å². The van der Waals surface area contributed by atoms with Crippen molar-refractivity contribution < 1.29 is 12.8 Å². The van der Waals surface area contributed by atoms with Gasteiger partial charge in [0.25, 0.3) is 10.0 Å². The number of nitrogens with one attached hydrogen (secondary N) is 1. The van der Waals surface area contributed by atoms with E-state index in [0.717, 1.165) is 52.3 Å². The number of benzene rings is 3. The molecule has 0 aliphatic heterocycles. The lowest BCUT2D eigenvalue weighted by Crippen LogP contribution is -2.26. The Labute approximate surface area is 208 Å². The van der Waals surface area contributed by atoms with Crippen LogP contribution in [0.5, 0.6) is 0 Å². The number of furan rings is 1. The van der Waals surface area contributed by atoms with Gasteiger partial charge in [0.15, 0.2) is 0 Å². The second-order valence-corrected chi connectivity index (χ2v) is 13.7. The first-order valence-corrected chi connectivity index (χ1v) is 13.9. The molecule has 3 aromatic carbocycles. The molecule has 1 atom stereocenters. The molecule has 0 bridgehead atoms. The highest BCUT2D eigenvalue weighted by Gasteiger charge is 2.32. The molecule has 0 amide bonds. The summed E-state index contributed by atoms with van der Waals surface area (Å²) in [6.07, 6.45) is 2.98. The van der Waals surface area contributed by atoms with E-state index in [2.05, 4.69) is 46.3 Å². The number of hydrogen-bond donors (Lipinski definition) is 1. The molecule has 184 valence electrons. The van der Waals surface area contributed by atoms with E-state index < -0.39 is 10.0 Å². The van der Waals surface area contributed by atoms with Gasteiger partial charge in [0.2, 0.25) is 0 Å². The lowest BCUT2D eigenvalue weighted by atomic mass is 9.71. The summed E-state index contributed by atoms with van der Waals surface area (Å²) in [5.74, 6) is 1.60. The molecule has 35 heavy (non-hydrogen) atoms. The topological polar surface area (TPSA) is 59.3 Å². The maximum atomic E-state index is 13.4. The van der Waals surface area contributed by atoms with Gasteiger partial charge in [0.1, 0.15) is 11.3 Å². The monoisotopic (exact) mass is 489 g/mol. The first-order valence-electron chi connectivity index (χ1n) is 12.4. The van der Waals surface area contributed by atoms with Crippen molar-refractivity contribution in [3.63, 3.8) is 0 Å². The van der Waals surface area contributed by atoms with E-state index in [-0.39, 0.29) is 15.7 Å². The van der Waals surface area contributed by atoms with E-state index in [9.17, 15) is 8.42 Å². The number of sulfonamides is 1. The molecule has 4 nitrogen and oxygen atoms in total. The van der Waals surface area contributed by atoms with Crippen LogP contribution >= 0.6 is 0 Å². The SMILES string of the molecule is CC(C)(C)c1ccc(S(=O)(=O)Nc2cc3c4c(oc3c3ccccc23)CC[C@@H](C(C)(C)C)C4)cc1. The fourth-order valence-corrected chi connectivity index (χ4v) is 6.33. The lowest BCUT2D eigenvalue weighted by Gasteiger charge is -2.33. The third kappa shape index (κ3) is 4.35. The van der Waals surface area contributed by atoms with Crippen molar-refractivity contribution >= 4 is 37.5 Å². The van der Waals surface area contributed by atoms with Crippen LogP contribution in [0.2, 0.25) is 0 Å². The predicted molar refractivity (Wildman–Crippen MR) is 145 cm³/mol. The molecule has 1 aromatic heterocycles. The maximum Gasteiger partial charge on any atom is 0.261 e. The highest BCUT2D eigenvalue weighted by molar-refractivity contribution is 7.92. The highest BCUT2D eigenvalue weighted by atomic mass is 32.2. The van der Waals surface area contributed by atoms with Crippen molar-refractivity contribution in [2.75, 3.05) is 4.72 Å². The normalized spacial score (nSPS) is 17.0. The van der Waals surface area contributed by atoms with Crippen LogP contribution in [0, 0.1) is 11.3 Å². The number of aryl methyl sites for hydroxylation is 1. The molecule has 4 aromatic rings. The van der Waals surface area contributed by atoms with Gasteiger partial charge in [0, 0.05) is 28.1 Å². The van der Waals surface area contributed by atoms with Crippen molar-refractivity contribution in [1.29, 1.82) is 0 Å². The lowest BCUT2D eigenvalue weighted by molar-refractivity contribution is 0.210. The van der Waals surface area contributed by atoms with Crippen LogP contribution < -0.4 is 4.72 Å². The van der Waals surface area contributed by atoms with Gasteiger partial charge in [-0.1, -0.05) is 77.9 Å². The van der Waals surface area contributed by atoms with Crippen LogP contribution in [-0.2, 0) is 28.3 Å². The molecule has 0 spiro atoms. The molecular formula is C30H35NO3S. The summed E-state index contributed by atoms with van der Waals surface area (Å²) in [6, 6.07) is 17.0. The molecule has 1 aliphatic carbocycles. The molecular weight excluding hydrogens is 454 g/mol. The smallest absolute Gasteiger partial charge is 0.261 e. The van der Waals surface area contributed by atoms with Crippen molar-refractivity contribution in [3.8, 4) is 0 Å². The number of fused-ring (bicyclic) bond motifs is 5. The zero-order valence-corrected chi connectivity index (χ0v) is 22.3. The van der Waals surface area contributed by atoms with Gasteiger partial charge in [-0.15, -0.1) is 0 Å². The third-order valence-electron chi connectivity index (χ3n) is 7.55. The zero-order chi connectivity index (χ0) is 25.2. The van der Waals surface area contributed by atoms with Gasteiger partial charge >= 0.3 is 0 Å². The largest absolute Gasteiger partial charge is 0.460 e. The van der Waals surface area contributed by atoms with Crippen molar-refractivity contribution in [1.82, 2.24) is 0 Å². The number of rotatable bonds is 3. The average Bonchev–Trinajstić information content (AvgIpc) is 3.16. The minimum atomic E-state index is -3.75. The summed E-state index contributed by atoms with van der Waals surface area (Å²) >= 11 is 0. The van der Waals surface area contributed by atoms with E-state index in [4.69, 9.17) is 4.42 Å². The fraction of sp³-hybridized carbons (Fsp3) is 0.400. The Morgan fingerprint density at radius 3 is 2.17 bits per heavy atom. The first-order chi connectivity index (χ1) is 16.3. The van der Waals surface area contributed by atoms with Gasteiger partial charge in [0.05, 0.1) is 10.6 Å². The van der Waals surface area contributed by atoms with Crippen LogP contribution in [-0.4, -0.2) is 8.42 Å². The summed E-state index contributed by atoms with van der Waals surface area (Å²) in [5, 5.41) is 2.80. The van der Waals surface area contributed by atoms with Crippen LogP contribution in [0.15, 0.2) is 63.9 Å². The second kappa shape index (κ2) is 8.12. The van der Waals surface area contributed by atoms with Crippen molar-refractivity contribution in [2.24, 2.45) is 11.3 Å². The minimum absolute atomic E-state index is 0.0394. The molecule has 0 saturated heterocycles. The highest BCUT2D eigenvalue weighted by Crippen LogP contribution is 2.44. The summed E-state index contributed by atoms with van der Waals surface area (Å²) in [5.41, 5.74) is 3.95. The van der Waals surface area contributed by atoms with E-state index >= 15 is 0 Å². The summed E-state index contributed by atoms with van der Waals surface area (Å²) in [4.78, 5) is 0.261. The van der Waals surface area contributed by atoms with Gasteiger partial charge in [-0.05, 0) is 53.4 Å². The molecule has 1 N–H and O–H groups in total. The van der Waals surface area contributed by atoms with Gasteiger partial charge in [-0.2, -0.15) is 0 Å². The first kappa shape index (κ1) is 23.9. The maximum absolute atomic E-state index is 13.4. The predicted octanol–water partition coefficient (Wildman–Crippen LogP) is 7.84. The van der Waals surface area contributed by atoms with Crippen molar-refractivity contribution in [2.45, 2.75) is 71.1 Å². The second-order valence-electron chi connectivity index (χ2n) is 12.0. The Kier molecular flexibility index (Phi) is 5.55. The van der Waals surface area contributed by atoms with E-state index in [0.29, 0.717) is 11.6 Å². The van der Waals surface area contributed by atoms with Gasteiger partial charge < -0.3 is 4.42 Å². The molecule has 5 rings (SSSR count). The molecule has 0 fully saturated rings.